The zero-order valence-corrected chi connectivity index (χ0v) is 18.6. The Morgan fingerprint density at radius 3 is 2.57 bits per heavy atom. The smallest absolute Gasteiger partial charge is 0.410 e. The average Bonchev–Trinajstić information content (AvgIpc) is 2.67. The Kier molecular flexibility index (Phi) is 6.44. The fourth-order valence-corrected chi connectivity index (χ4v) is 4.36. The largest absolute Gasteiger partial charge is 0.444 e. The van der Waals surface area contributed by atoms with Gasteiger partial charge >= 0.3 is 12.2 Å². The number of ether oxygens (including phenoxy) is 2. The molecule has 30 heavy (non-hydrogen) atoms. The summed E-state index contributed by atoms with van der Waals surface area (Å²) in [5.41, 5.74) is 0.764. The maximum Gasteiger partial charge on any atom is 0.410 e. The minimum atomic E-state index is -0.680. The number of hydrogen-bond donors (Lipinski definition) is 0. The Balaban J connectivity index is 1.72. The van der Waals surface area contributed by atoms with Crippen molar-refractivity contribution in [3.63, 3.8) is 0 Å². The van der Waals surface area contributed by atoms with Crippen molar-refractivity contribution < 1.29 is 19.1 Å². The Morgan fingerprint density at radius 1 is 1.27 bits per heavy atom. The van der Waals surface area contributed by atoms with Crippen LogP contribution in [0.4, 0.5) is 9.59 Å². The average molecular weight is 415 g/mol. The summed E-state index contributed by atoms with van der Waals surface area (Å²) >= 11 is 0. The van der Waals surface area contributed by atoms with E-state index in [-0.39, 0.29) is 18.2 Å². The summed E-state index contributed by atoms with van der Waals surface area (Å²) in [5.74, 6) is 0. The molecule has 6 heteroatoms. The molecule has 0 bridgehead atoms. The van der Waals surface area contributed by atoms with Crippen molar-refractivity contribution in [3.8, 4) is 0 Å². The van der Waals surface area contributed by atoms with Gasteiger partial charge in [-0.05, 0) is 46.1 Å². The molecule has 2 heterocycles. The number of hydrogen-bond acceptors (Lipinski definition) is 4. The molecule has 1 aromatic carbocycles. The number of carbonyl (C=O) groups excluding carboxylic acids is 2. The highest BCUT2D eigenvalue weighted by Crippen LogP contribution is 2.40. The summed E-state index contributed by atoms with van der Waals surface area (Å²) in [5, 5.41) is 0. The first-order valence-electron chi connectivity index (χ1n) is 10.8. The Morgan fingerprint density at radius 2 is 1.97 bits per heavy atom. The highest BCUT2D eigenvalue weighted by atomic mass is 16.6. The van der Waals surface area contributed by atoms with E-state index in [2.05, 4.69) is 6.58 Å². The Bertz CT molecular complexity index is 786. The van der Waals surface area contributed by atoms with Gasteiger partial charge in [-0.15, -0.1) is 0 Å². The molecule has 0 saturated carbocycles. The van der Waals surface area contributed by atoms with Gasteiger partial charge in [0.2, 0.25) is 0 Å². The Hall–Kier alpha value is -2.50. The molecule has 0 spiro atoms. The van der Waals surface area contributed by atoms with Gasteiger partial charge in [-0.3, -0.25) is 0 Å². The number of nitrogens with zero attached hydrogens (tertiary/aromatic N) is 2. The van der Waals surface area contributed by atoms with Crippen molar-refractivity contribution >= 4 is 12.2 Å². The molecular formula is C24H34N2O4. The molecule has 0 radical (unpaired) electrons. The van der Waals surface area contributed by atoms with Crippen LogP contribution in [0.25, 0.3) is 0 Å². The van der Waals surface area contributed by atoms with E-state index in [1.54, 1.807) is 9.80 Å². The van der Waals surface area contributed by atoms with Crippen LogP contribution < -0.4 is 0 Å². The lowest BCUT2D eigenvalue weighted by molar-refractivity contribution is -0.0679. The topological polar surface area (TPSA) is 59.1 Å². The van der Waals surface area contributed by atoms with Crippen LogP contribution >= 0.6 is 0 Å². The first kappa shape index (κ1) is 22.2. The molecule has 2 atom stereocenters. The third-order valence-electron chi connectivity index (χ3n) is 5.65. The number of carbonyl (C=O) groups is 2. The van der Waals surface area contributed by atoms with Crippen molar-refractivity contribution in [2.45, 2.75) is 70.6 Å². The van der Waals surface area contributed by atoms with Crippen LogP contribution in [0.15, 0.2) is 42.5 Å². The fourth-order valence-electron chi connectivity index (χ4n) is 4.36. The van der Waals surface area contributed by atoms with Crippen LogP contribution in [0.1, 0.15) is 58.9 Å². The number of rotatable bonds is 4. The number of likely N-dealkylation sites (tertiary alicyclic amines) is 1. The van der Waals surface area contributed by atoms with Crippen LogP contribution in [0.5, 0.6) is 0 Å². The molecule has 0 aromatic heterocycles. The normalized spacial score (nSPS) is 24.9. The third-order valence-corrected chi connectivity index (χ3v) is 5.65. The number of piperidine rings is 1. The number of amides is 2. The lowest BCUT2D eigenvalue weighted by atomic mass is 9.83. The highest BCUT2D eigenvalue weighted by Gasteiger charge is 2.44. The molecule has 2 saturated heterocycles. The molecule has 2 aliphatic rings. The quantitative estimate of drug-likeness (QED) is 0.644. The standard InChI is InChI=1S/C24H34N2O4/c1-18(2)16-24(19-10-7-6-8-11-19)13-15-26(22(28)30-24)20-12-9-14-25(17-20)21(27)29-23(3,4)5/h6-8,10-11,20H,1,9,12-17H2,2-5H3. The summed E-state index contributed by atoms with van der Waals surface area (Å²) in [4.78, 5) is 29.1. The van der Waals surface area contributed by atoms with Gasteiger partial charge in [-0.2, -0.15) is 0 Å². The van der Waals surface area contributed by atoms with Gasteiger partial charge in [0.1, 0.15) is 11.2 Å². The second-order valence-electron chi connectivity index (χ2n) is 9.53. The molecular weight excluding hydrogens is 380 g/mol. The molecule has 2 amide bonds. The van der Waals surface area contributed by atoms with E-state index in [4.69, 9.17) is 9.47 Å². The lowest BCUT2D eigenvalue weighted by Gasteiger charge is -2.46. The SMILES string of the molecule is C=C(C)CC1(c2ccccc2)CCN(C2CCCN(C(=O)OC(C)(C)C)C2)C(=O)O1. The minimum absolute atomic E-state index is 0.0580. The van der Waals surface area contributed by atoms with Crippen LogP contribution in [-0.4, -0.2) is 53.3 Å². The molecule has 6 nitrogen and oxygen atoms in total. The van der Waals surface area contributed by atoms with Gasteiger partial charge in [-0.1, -0.05) is 42.5 Å². The van der Waals surface area contributed by atoms with Gasteiger partial charge in [0.05, 0.1) is 6.04 Å². The molecule has 1 aromatic rings. The van der Waals surface area contributed by atoms with Crippen molar-refractivity contribution in [2.24, 2.45) is 0 Å². The fraction of sp³-hybridized carbons (Fsp3) is 0.583. The second-order valence-corrected chi connectivity index (χ2v) is 9.53. The zero-order valence-electron chi connectivity index (χ0n) is 18.6. The van der Waals surface area contributed by atoms with Gasteiger partial charge < -0.3 is 19.3 Å². The maximum atomic E-state index is 13.1. The molecule has 0 aliphatic carbocycles. The first-order chi connectivity index (χ1) is 14.1. The summed E-state index contributed by atoms with van der Waals surface area (Å²) in [6, 6.07) is 9.86. The molecule has 2 unspecified atom stereocenters. The molecule has 164 valence electrons. The highest BCUT2D eigenvalue weighted by molar-refractivity contribution is 5.71. The minimum Gasteiger partial charge on any atom is -0.444 e. The predicted octanol–water partition coefficient (Wildman–Crippen LogP) is 5.09. The summed E-state index contributed by atoms with van der Waals surface area (Å²) in [7, 11) is 0. The van der Waals surface area contributed by atoms with Crippen LogP contribution in [0, 0.1) is 0 Å². The molecule has 3 rings (SSSR count). The molecule has 2 aliphatic heterocycles. The van der Waals surface area contributed by atoms with Crippen LogP contribution in [-0.2, 0) is 15.1 Å². The van der Waals surface area contributed by atoms with Crippen LogP contribution in [0.3, 0.4) is 0 Å². The van der Waals surface area contributed by atoms with Crippen molar-refractivity contribution in [1.82, 2.24) is 9.80 Å². The van der Waals surface area contributed by atoms with Gasteiger partial charge in [0, 0.05) is 32.5 Å². The summed E-state index contributed by atoms with van der Waals surface area (Å²) in [6.45, 7) is 13.3. The predicted molar refractivity (Wildman–Crippen MR) is 116 cm³/mol. The van der Waals surface area contributed by atoms with E-state index in [1.165, 1.54) is 0 Å². The van der Waals surface area contributed by atoms with E-state index < -0.39 is 11.2 Å². The van der Waals surface area contributed by atoms with E-state index >= 15 is 0 Å². The summed E-state index contributed by atoms with van der Waals surface area (Å²) in [6.07, 6.45) is 2.35. The van der Waals surface area contributed by atoms with Crippen LogP contribution in [0.2, 0.25) is 0 Å². The van der Waals surface area contributed by atoms with E-state index in [1.807, 2.05) is 58.0 Å². The van der Waals surface area contributed by atoms with E-state index in [9.17, 15) is 9.59 Å². The van der Waals surface area contributed by atoms with Gasteiger partial charge in [0.15, 0.2) is 0 Å². The number of benzene rings is 1. The number of cyclic esters (lactones) is 1. The monoisotopic (exact) mass is 414 g/mol. The third kappa shape index (κ3) is 5.15. The summed E-state index contributed by atoms with van der Waals surface area (Å²) < 4.78 is 11.6. The molecule has 0 N–H and O–H groups in total. The van der Waals surface area contributed by atoms with Gasteiger partial charge in [-0.25, -0.2) is 9.59 Å². The zero-order chi connectivity index (χ0) is 21.9. The second kappa shape index (κ2) is 8.70. The Labute approximate surface area is 179 Å². The first-order valence-corrected chi connectivity index (χ1v) is 10.8. The van der Waals surface area contributed by atoms with Crippen molar-refractivity contribution in [3.05, 3.63) is 48.0 Å². The van der Waals surface area contributed by atoms with Gasteiger partial charge in [0.25, 0.3) is 0 Å². The van der Waals surface area contributed by atoms with E-state index in [0.717, 1.165) is 24.0 Å². The maximum absolute atomic E-state index is 13.1. The molecule has 2 fully saturated rings. The van der Waals surface area contributed by atoms with Crippen molar-refractivity contribution in [1.29, 1.82) is 0 Å². The lowest BCUT2D eigenvalue weighted by Crippen LogP contribution is -2.57. The van der Waals surface area contributed by atoms with Crippen molar-refractivity contribution in [2.75, 3.05) is 19.6 Å². The van der Waals surface area contributed by atoms with E-state index in [0.29, 0.717) is 32.5 Å².